The van der Waals surface area contributed by atoms with Gasteiger partial charge in [-0.2, -0.15) is 0 Å². The van der Waals surface area contributed by atoms with E-state index in [4.69, 9.17) is 4.74 Å². The molecule has 1 saturated heterocycles. The van der Waals surface area contributed by atoms with Crippen LogP contribution in [0.3, 0.4) is 0 Å². The maximum atomic E-state index is 6.42. The monoisotopic (exact) mass is 223 g/mol. The molecule has 0 aromatic rings. The number of rotatable bonds is 1. The first-order valence-corrected chi connectivity index (χ1v) is 7.02. The summed E-state index contributed by atoms with van der Waals surface area (Å²) in [5.74, 6) is 0.897. The van der Waals surface area contributed by atoms with Gasteiger partial charge in [0.25, 0.3) is 0 Å². The van der Waals surface area contributed by atoms with Crippen LogP contribution in [0, 0.1) is 11.3 Å². The fraction of sp³-hybridized carbons (Fsp3) is 1.00. The standard InChI is InChI=1S/C14H25NO/c1-13(2)6-8-14(9-7-13)15-10-5-12(16-14)11-3-4-11/h11-12,15H,3-10H2,1-2H3. The fourth-order valence-electron chi connectivity index (χ4n) is 3.26. The average Bonchev–Trinajstić information content (AvgIpc) is 3.08. The van der Waals surface area contributed by atoms with Crippen LogP contribution in [0.25, 0.3) is 0 Å². The molecule has 2 aliphatic carbocycles. The lowest BCUT2D eigenvalue weighted by Crippen LogP contribution is -2.57. The van der Waals surface area contributed by atoms with Crippen LogP contribution < -0.4 is 5.32 Å². The molecule has 0 aromatic carbocycles. The van der Waals surface area contributed by atoms with Crippen LogP contribution >= 0.6 is 0 Å². The van der Waals surface area contributed by atoms with Gasteiger partial charge in [0.2, 0.25) is 0 Å². The van der Waals surface area contributed by atoms with E-state index < -0.39 is 0 Å². The third kappa shape index (κ3) is 2.14. The summed E-state index contributed by atoms with van der Waals surface area (Å²) >= 11 is 0. The van der Waals surface area contributed by atoms with Crippen molar-refractivity contribution >= 4 is 0 Å². The number of hydrogen-bond donors (Lipinski definition) is 1. The maximum Gasteiger partial charge on any atom is 0.119 e. The van der Waals surface area contributed by atoms with Gasteiger partial charge in [0.05, 0.1) is 6.10 Å². The summed E-state index contributed by atoms with van der Waals surface area (Å²) in [6, 6.07) is 0. The van der Waals surface area contributed by atoms with Crippen molar-refractivity contribution in [1.29, 1.82) is 0 Å². The predicted molar refractivity (Wildman–Crippen MR) is 65.2 cm³/mol. The molecule has 0 radical (unpaired) electrons. The van der Waals surface area contributed by atoms with Crippen LogP contribution in [0.2, 0.25) is 0 Å². The first kappa shape index (κ1) is 11.0. The highest BCUT2D eigenvalue weighted by atomic mass is 16.5. The van der Waals surface area contributed by atoms with E-state index in [2.05, 4.69) is 19.2 Å². The lowest BCUT2D eigenvalue weighted by atomic mass is 9.73. The Morgan fingerprint density at radius 3 is 2.31 bits per heavy atom. The molecule has 2 heteroatoms. The highest BCUT2D eigenvalue weighted by Gasteiger charge is 2.45. The van der Waals surface area contributed by atoms with Gasteiger partial charge in [0.1, 0.15) is 5.72 Å². The molecule has 0 amide bonds. The topological polar surface area (TPSA) is 21.3 Å². The zero-order valence-electron chi connectivity index (χ0n) is 10.7. The highest BCUT2D eigenvalue weighted by Crippen LogP contribution is 2.45. The molecule has 2 nitrogen and oxygen atoms in total. The number of hydrogen-bond acceptors (Lipinski definition) is 2. The Kier molecular flexibility index (Phi) is 2.56. The van der Waals surface area contributed by atoms with E-state index in [-0.39, 0.29) is 5.72 Å². The molecular weight excluding hydrogens is 198 g/mol. The lowest BCUT2D eigenvalue weighted by molar-refractivity contribution is -0.175. The Balaban J connectivity index is 1.64. The second kappa shape index (κ2) is 3.71. The van der Waals surface area contributed by atoms with Crippen LogP contribution in [0.15, 0.2) is 0 Å². The van der Waals surface area contributed by atoms with Crippen molar-refractivity contribution in [2.24, 2.45) is 11.3 Å². The second-order valence-electron chi connectivity index (χ2n) is 6.87. The fourth-order valence-corrected chi connectivity index (χ4v) is 3.26. The molecule has 1 spiro atoms. The smallest absolute Gasteiger partial charge is 0.119 e. The second-order valence-corrected chi connectivity index (χ2v) is 6.87. The van der Waals surface area contributed by atoms with Crippen molar-refractivity contribution in [3.05, 3.63) is 0 Å². The zero-order chi connectivity index (χ0) is 11.2. The van der Waals surface area contributed by atoms with E-state index in [1.807, 2.05) is 0 Å². The van der Waals surface area contributed by atoms with Crippen molar-refractivity contribution in [1.82, 2.24) is 5.32 Å². The summed E-state index contributed by atoms with van der Waals surface area (Å²) in [6.07, 6.45) is 9.65. The van der Waals surface area contributed by atoms with Crippen molar-refractivity contribution in [3.63, 3.8) is 0 Å². The van der Waals surface area contributed by atoms with Gasteiger partial charge in [-0.3, -0.25) is 5.32 Å². The minimum absolute atomic E-state index is 0.0566. The van der Waals surface area contributed by atoms with Crippen LogP contribution in [-0.4, -0.2) is 18.4 Å². The molecule has 0 aromatic heterocycles. The van der Waals surface area contributed by atoms with Gasteiger partial charge >= 0.3 is 0 Å². The quantitative estimate of drug-likeness (QED) is 0.737. The molecule has 0 bridgehead atoms. The van der Waals surface area contributed by atoms with Crippen LogP contribution in [0.1, 0.15) is 58.8 Å². The summed E-state index contributed by atoms with van der Waals surface area (Å²) in [4.78, 5) is 0. The Labute approximate surface area is 99.1 Å². The van der Waals surface area contributed by atoms with E-state index >= 15 is 0 Å². The van der Waals surface area contributed by atoms with Crippen molar-refractivity contribution in [3.8, 4) is 0 Å². The van der Waals surface area contributed by atoms with Gasteiger partial charge in [-0.15, -0.1) is 0 Å². The zero-order valence-corrected chi connectivity index (χ0v) is 10.7. The molecule has 92 valence electrons. The Bertz CT molecular complexity index is 260. The van der Waals surface area contributed by atoms with E-state index in [1.165, 1.54) is 51.5 Å². The summed E-state index contributed by atoms with van der Waals surface area (Å²) in [5.41, 5.74) is 0.587. The molecule has 3 aliphatic rings. The Morgan fingerprint density at radius 2 is 1.69 bits per heavy atom. The molecule has 3 rings (SSSR count). The SMILES string of the molecule is CC1(C)CCC2(CC1)NCCC(C1CC1)O2. The molecule has 1 unspecified atom stereocenters. The van der Waals surface area contributed by atoms with Crippen LogP contribution in [0.4, 0.5) is 0 Å². The molecule has 2 saturated carbocycles. The van der Waals surface area contributed by atoms with Gasteiger partial charge in [-0.25, -0.2) is 0 Å². The summed E-state index contributed by atoms with van der Waals surface area (Å²) in [5, 5.41) is 3.66. The number of nitrogens with one attached hydrogen (secondary N) is 1. The van der Waals surface area contributed by atoms with E-state index in [1.54, 1.807) is 0 Å². The maximum absolute atomic E-state index is 6.42. The van der Waals surface area contributed by atoms with Gasteiger partial charge in [0.15, 0.2) is 0 Å². The van der Waals surface area contributed by atoms with Crippen molar-refractivity contribution in [2.45, 2.75) is 70.6 Å². The van der Waals surface area contributed by atoms with E-state index in [9.17, 15) is 0 Å². The van der Waals surface area contributed by atoms with Crippen LogP contribution in [0.5, 0.6) is 0 Å². The summed E-state index contributed by atoms with van der Waals surface area (Å²) in [6.45, 7) is 5.95. The predicted octanol–water partition coefficient (Wildman–Crippen LogP) is 3.07. The van der Waals surface area contributed by atoms with Gasteiger partial charge in [-0.1, -0.05) is 13.8 Å². The number of ether oxygens (including phenoxy) is 1. The van der Waals surface area contributed by atoms with Gasteiger partial charge in [0, 0.05) is 6.54 Å². The Hall–Kier alpha value is -0.0800. The van der Waals surface area contributed by atoms with Crippen molar-refractivity contribution in [2.75, 3.05) is 6.54 Å². The minimum atomic E-state index is 0.0566. The molecule has 1 atom stereocenters. The van der Waals surface area contributed by atoms with Crippen molar-refractivity contribution < 1.29 is 4.74 Å². The first-order valence-electron chi connectivity index (χ1n) is 7.02. The molecular formula is C14H25NO. The largest absolute Gasteiger partial charge is 0.357 e. The average molecular weight is 223 g/mol. The lowest BCUT2D eigenvalue weighted by Gasteiger charge is -2.48. The van der Waals surface area contributed by atoms with E-state index in [0.717, 1.165) is 5.92 Å². The molecule has 1 aliphatic heterocycles. The van der Waals surface area contributed by atoms with Gasteiger partial charge in [-0.05, 0) is 56.3 Å². The van der Waals surface area contributed by atoms with Gasteiger partial charge < -0.3 is 4.74 Å². The normalized spacial score (nSPS) is 37.5. The Morgan fingerprint density at radius 1 is 1.00 bits per heavy atom. The van der Waals surface area contributed by atoms with Crippen LogP contribution in [-0.2, 0) is 4.74 Å². The molecule has 1 N–H and O–H groups in total. The molecule has 3 fully saturated rings. The highest BCUT2D eigenvalue weighted by molar-refractivity contribution is 4.95. The third-order valence-corrected chi connectivity index (χ3v) is 4.81. The molecule has 16 heavy (non-hydrogen) atoms. The van der Waals surface area contributed by atoms with E-state index in [0.29, 0.717) is 11.5 Å². The summed E-state index contributed by atoms with van der Waals surface area (Å²) in [7, 11) is 0. The first-order chi connectivity index (χ1) is 7.59. The third-order valence-electron chi connectivity index (χ3n) is 4.81. The summed E-state index contributed by atoms with van der Waals surface area (Å²) < 4.78 is 6.42. The minimum Gasteiger partial charge on any atom is -0.357 e. The molecule has 1 heterocycles.